The van der Waals surface area contributed by atoms with E-state index in [1.54, 1.807) is 6.92 Å². The maximum atomic E-state index is 11.8. The van der Waals surface area contributed by atoms with E-state index in [1.807, 2.05) is 6.92 Å². The Hall–Kier alpha value is -1.68. The average molecular weight is 289 g/mol. The highest BCUT2D eigenvalue weighted by atomic mass is 32.1. The van der Waals surface area contributed by atoms with Crippen LogP contribution in [0.25, 0.3) is 10.6 Å². The summed E-state index contributed by atoms with van der Waals surface area (Å²) in [6.07, 6.45) is 0. The summed E-state index contributed by atoms with van der Waals surface area (Å²) in [4.78, 5) is 16.9. The second kappa shape index (κ2) is 6.18. The van der Waals surface area contributed by atoms with Gasteiger partial charge in [-0.05, 0) is 25.3 Å². The number of carbonyl (C=O) groups excluding carboxylic acids is 1. The molecule has 0 radical (unpaired) electrons. The van der Waals surface area contributed by atoms with Gasteiger partial charge in [0.2, 0.25) is 0 Å². The van der Waals surface area contributed by atoms with Crippen LogP contribution in [0.15, 0.2) is 24.3 Å². The third-order valence-electron chi connectivity index (χ3n) is 3.08. The molecule has 0 aliphatic rings. The number of carbonyl (C=O) groups is 1. The monoisotopic (exact) mass is 289 g/mol. The molecule has 1 aromatic carbocycles. The second-order valence-electron chi connectivity index (χ2n) is 4.93. The van der Waals surface area contributed by atoms with E-state index >= 15 is 0 Å². The van der Waals surface area contributed by atoms with Crippen molar-refractivity contribution in [2.24, 2.45) is 0 Å². The lowest BCUT2D eigenvalue weighted by molar-refractivity contribution is 0.0531. The third kappa shape index (κ3) is 3.07. The molecule has 1 heterocycles. The Labute approximate surface area is 123 Å². The molecule has 0 atom stereocenters. The number of aryl methyl sites for hydroxylation is 1. The fraction of sp³-hybridized carbons (Fsp3) is 0.375. The predicted molar refractivity (Wildman–Crippen MR) is 82.3 cm³/mol. The van der Waals surface area contributed by atoms with E-state index in [0.717, 1.165) is 16.3 Å². The van der Waals surface area contributed by atoms with Crippen molar-refractivity contribution in [2.75, 3.05) is 6.61 Å². The predicted octanol–water partition coefficient (Wildman–Crippen LogP) is 4.42. The van der Waals surface area contributed by atoms with Gasteiger partial charge < -0.3 is 4.74 Å². The molecule has 4 heteroatoms. The Morgan fingerprint density at radius 3 is 2.50 bits per heavy atom. The first-order chi connectivity index (χ1) is 9.52. The van der Waals surface area contributed by atoms with Crippen molar-refractivity contribution in [3.63, 3.8) is 0 Å². The zero-order valence-electron chi connectivity index (χ0n) is 12.3. The van der Waals surface area contributed by atoms with Gasteiger partial charge in [0.1, 0.15) is 9.88 Å². The number of thiazole rings is 1. The molecule has 0 unspecified atom stereocenters. The van der Waals surface area contributed by atoms with Gasteiger partial charge in [-0.2, -0.15) is 0 Å². The van der Waals surface area contributed by atoms with E-state index in [-0.39, 0.29) is 5.97 Å². The molecule has 0 aliphatic heterocycles. The number of aromatic nitrogens is 1. The van der Waals surface area contributed by atoms with Gasteiger partial charge in [0.25, 0.3) is 0 Å². The second-order valence-corrected chi connectivity index (χ2v) is 5.93. The highest BCUT2D eigenvalue weighted by Gasteiger charge is 2.17. The Balaban J connectivity index is 2.29. The Bertz CT molecular complexity index is 599. The largest absolute Gasteiger partial charge is 0.462 e. The van der Waals surface area contributed by atoms with E-state index < -0.39 is 0 Å². The number of hydrogen-bond donors (Lipinski definition) is 0. The fourth-order valence-corrected chi connectivity index (χ4v) is 2.88. The quantitative estimate of drug-likeness (QED) is 0.782. The fourth-order valence-electron chi connectivity index (χ4n) is 1.92. The highest BCUT2D eigenvalue weighted by molar-refractivity contribution is 7.17. The highest BCUT2D eigenvalue weighted by Crippen LogP contribution is 2.29. The topological polar surface area (TPSA) is 39.2 Å². The van der Waals surface area contributed by atoms with Gasteiger partial charge in [-0.3, -0.25) is 0 Å². The molecule has 0 saturated heterocycles. The van der Waals surface area contributed by atoms with Crippen LogP contribution >= 0.6 is 11.3 Å². The van der Waals surface area contributed by atoms with Crippen LogP contribution in [0, 0.1) is 6.92 Å². The number of benzene rings is 1. The van der Waals surface area contributed by atoms with Crippen LogP contribution in [0.1, 0.15) is 47.6 Å². The van der Waals surface area contributed by atoms with Crippen LogP contribution in [0.2, 0.25) is 0 Å². The van der Waals surface area contributed by atoms with Crippen LogP contribution in [-0.2, 0) is 4.74 Å². The van der Waals surface area contributed by atoms with Crippen molar-refractivity contribution in [3.8, 4) is 10.6 Å². The van der Waals surface area contributed by atoms with Crippen LogP contribution in [0.3, 0.4) is 0 Å². The molecule has 0 aliphatic carbocycles. The summed E-state index contributed by atoms with van der Waals surface area (Å²) in [6, 6.07) is 8.34. The third-order valence-corrected chi connectivity index (χ3v) is 4.27. The van der Waals surface area contributed by atoms with Crippen molar-refractivity contribution in [2.45, 2.75) is 33.6 Å². The first-order valence-corrected chi connectivity index (χ1v) is 7.59. The van der Waals surface area contributed by atoms with Crippen molar-refractivity contribution >= 4 is 17.3 Å². The maximum Gasteiger partial charge on any atom is 0.350 e. The number of esters is 1. The molecule has 3 nitrogen and oxygen atoms in total. The minimum atomic E-state index is -0.285. The number of hydrogen-bond acceptors (Lipinski definition) is 4. The molecule has 0 saturated carbocycles. The number of ether oxygens (including phenoxy) is 1. The van der Waals surface area contributed by atoms with Crippen molar-refractivity contribution in [1.82, 2.24) is 4.98 Å². The molecule has 0 amide bonds. The van der Waals surface area contributed by atoms with Gasteiger partial charge in [0.05, 0.1) is 12.3 Å². The Morgan fingerprint density at radius 1 is 1.30 bits per heavy atom. The number of rotatable bonds is 4. The van der Waals surface area contributed by atoms with Gasteiger partial charge in [-0.15, -0.1) is 11.3 Å². The lowest BCUT2D eigenvalue weighted by Crippen LogP contribution is -2.03. The first-order valence-electron chi connectivity index (χ1n) is 6.77. The summed E-state index contributed by atoms with van der Waals surface area (Å²) in [6.45, 7) is 8.37. The molecule has 0 bridgehead atoms. The van der Waals surface area contributed by atoms with E-state index in [9.17, 15) is 4.79 Å². The lowest BCUT2D eigenvalue weighted by atomic mass is 10.0. The lowest BCUT2D eigenvalue weighted by Gasteiger charge is -2.05. The SMILES string of the molecule is CCOC(=O)c1sc(-c2ccc(C(C)C)cc2)nc1C. The zero-order chi connectivity index (χ0) is 14.7. The molecule has 1 aromatic heterocycles. The van der Waals surface area contributed by atoms with Gasteiger partial charge in [0.15, 0.2) is 0 Å². The maximum absolute atomic E-state index is 11.8. The minimum Gasteiger partial charge on any atom is -0.462 e. The summed E-state index contributed by atoms with van der Waals surface area (Å²) in [7, 11) is 0. The molecule has 20 heavy (non-hydrogen) atoms. The molecule has 106 valence electrons. The molecule has 2 aromatic rings. The molecule has 0 N–H and O–H groups in total. The van der Waals surface area contributed by atoms with E-state index in [0.29, 0.717) is 17.4 Å². The zero-order valence-corrected chi connectivity index (χ0v) is 13.1. The Morgan fingerprint density at radius 2 is 1.95 bits per heavy atom. The Kier molecular flexibility index (Phi) is 4.55. The van der Waals surface area contributed by atoms with Gasteiger partial charge in [-0.1, -0.05) is 38.1 Å². The van der Waals surface area contributed by atoms with Gasteiger partial charge in [0, 0.05) is 5.56 Å². The van der Waals surface area contributed by atoms with Gasteiger partial charge >= 0.3 is 5.97 Å². The summed E-state index contributed by atoms with van der Waals surface area (Å²) >= 11 is 1.39. The van der Waals surface area contributed by atoms with Crippen LogP contribution < -0.4 is 0 Å². The van der Waals surface area contributed by atoms with E-state index in [1.165, 1.54) is 16.9 Å². The summed E-state index contributed by atoms with van der Waals surface area (Å²) in [5, 5.41) is 0.862. The average Bonchev–Trinajstić information content (AvgIpc) is 2.81. The smallest absolute Gasteiger partial charge is 0.350 e. The van der Waals surface area contributed by atoms with Crippen LogP contribution in [-0.4, -0.2) is 17.6 Å². The molecule has 0 spiro atoms. The van der Waals surface area contributed by atoms with Crippen molar-refractivity contribution < 1.29 is 9.53 Å². The first kappa shape index (κ1) is 14.7. The molecular formula is C16H19NO2S. The van der Waals surface area contributed by atoms with Crippen molar-refractivity contribution in [1.29, 1.82) is 0 Å². The normalized spacial score (nSPS) is 10.8. The molecular weight excluding hydrogens is 270 g/mol. The standard InChI is InChI=1S/C16H19NO2S/c1-5-19-16(18)14-11(4)17-15(20-14)13-8-6-12(7-9-13)10(2)3/h6-10H,5H2,1-4H3. The summed E-state index contributed by atoms with van der Waals surface area (Å²) < 4.78 is 5.04. The minimum absolute atomic E-state index is 0.285. The molecule has 0 fully saturated rings. The van der Waals surface area contributed by atoms with Gasteiger partial charge in [-0.25, -0.2) is 9.78 Å². The van der Waals surface area contributed by atoms with E-state index in [2.05, 4.69) is 43.1 Å². The van der Waals surface area contributed by atoms with Crippen LogP contribution in [0.5, 0.6) is 0 Å². The molecule has 2 rings (SSSR count). The van der Waals surface area contributed by atoms with Crippen molar-refractivity contribution in [3.05, 3.63) is 40.4 Å². The summed E-state index contributed by atoms with van der Waals surface area (Å²) in [5.74, 6) is 0.227. The van der Waals surface area contributed by atoms with Crippen LogP contribution in [0.4, 0.5) is 0 Å². The number of nitrogens with zero attached hydrogens (tertiary/aromatic N) is 1. The summed E-state index contributed by atoms with van der Waals surface area (Å²) in [5.41, 5.74) is 3.07. The van der Waals surface area contributed by atoms with E-state index in [4.69, 9.17) is 4.74 Å².